The van der Waals surface area contributed by atoms with Gasteiger partial charge in [0.25, 0.3) is 0 Å². The molecule has 0 saturated carbocycles. The fourth-order valence-corrected chi connectivity index (χ4v) is 4.94. The Morgan fingerprint density at radius 3 is 2.53 bits per heavy atom. The Labute approximate surface area is 203 Å². The van der Waals surface area contributed by atoms with E-state index in [-0.39, 0.29) is 0 Å². The zero-order valence-corrected chi connectivity index (χ0v) is 20.4. The van der Waals surface area contributed by atoms with Crippen LogP contribution < -0.4 is 10.1 Å². The van der Waals surface area contributed by atoms with E-state index in [2.05, 4.69) is 67.7 Å². The van der Waals surface area contributed by atoms with E-state index in [1.807, 2.05) is 6.07 Å². The highest BCUT2D eigenvalue weighted by molar-refractivity contribution is 7.18. The molecule has 0 aliphatic carbocycles. The quantitative estimate of drug-likeness (QED) is 0.242. The first-order chi connectivity index (χ1) is 16.6. The molecule has 0 aliphatic rings. The van der Waals surface area contributed by atoms with Crippen molar-refractivity contribution in [1.82, 2.24) is 9.97 Å². The SMILES string of the molecule is COc1cc(-c2ccc(C)cc2)ccc1CCCNc1nc(-c2ccoc2)nc2sc(C)cc12. The van der Waals surface area contributed by atoms with Crippen molar-refractivity contribution in [2.45, 2.75) is 26.7 Å². The monoisotopic (exact) mass is 469 g/mol. The van der Waals surface area contributed by atoms with E-state index < -0.39 is 0 Å². The van der Waals surface area contributed by atoms with Gasteiger partial charge in [-0.25, -0.2) is 9.97 Å². The number of fused-ring (bicyclic) bond motifs is 1. The minimum atomic E-state index is 0.680. The van der Waals surface area contributed by atoms with Gasteiger partial charge in [-0.1, -0.05) is 42.0 Å². The first kappa shape index (κ1) is 22.2. The molecule has 0 aliphatic heterocycles. The maximum atomic E-state index is 5.72. The molecule has 172 valence electrons. The first-order valence-electron chi connectivity index (χ1n) is 11.4. The predicted octanol–water partition coefficient (Wildman–Crippen LogP) is 7.29. The Kier molecular flexibility index (Phi) is 6.32. The highest BCUT2D eigenvalue weighted by Gasteiger charge is 2.13. The van der Waals surface area contributed by atoms with E-state index in [9.17, 15) is 0 Å². The molecule has 5 aromatic rings. The second kappa shape index (κ2) is 9.69. The normalized spacial score (nSPS) is 11.1. The van der Waals surface area contributed by atoms with Crippen LogP contribution in [0.5, 0.6) is 5.75 Å². The fourth-order valence-electron chi connectivity index (χ4n) is 4.06. The Morgan fingerprint density at radius 2 is 1.76 bits per heavy atom. The van der Waals surface area contributed by atoms with Crippen LogP contribution in [0.4, 0.5) is 5.82 Å². The van der Waals surface area contributed by atoms with Gasteiger partial charge in [0, 0.05) is 11.4 Å². The number of anilines is 1. The average molecular weight is 470 g/mol. The highest BCUT2D eigenvalue weighted by atomic mass is 32.1. The summed E-state index contributed by atoms with van der Waals surface area (Å²) in [6, 6.07) is 19.1. The molecule has 0 amide bonds. The lowest BCUT2D eigenvalue weighted by Crippen LogP contribution is -2.06. The predicted molar refractivity (Wildman–Crippen MR) is 140 cm³/mol. The number of aryl methyl sites for hydroxylation is 3. The van der Waals surface area contributed by atoms with Gasteiger partial charge in [-0.15, -0.1) is 11.3 Å². The van der Waals surface area contributed by atoms with E-state index in [4.69, 9.17) is 19.1 Å². The van der Waals surface area contributed by atoms with E-state index in [0.29, 0.717) is 5.82 Å². The summed E-state index contributed by atoms with van der Waals surface area (Å²) in [5.41, 5.74) is 5.72. The summed E-state index contributed by atoms with van der Waals surface area (Å²) in [5, 5.41) is 4.60. The van der Waals surface area contributed by atoms with Crippen LogP contribution >= 0.6 is 11.3 Å². The average Bonchev–Trinajstić information content (AvgIpc) is 3.51. The maximum absolute atomic E-state index is 5.72. The number of methoxy groups -OCH3 is 1. The van der Waals surface area contributed by atoms with Gasteiger partial charge in [0.05, 0.1) is 24.3 Å². The number of nitrogens with one attached hydrogen (secondary N) is 1. The molecule has 34 heavy (non-hydrogen) atoms. The topological polar surface area (TPSA) is 60.2 Å². The number of furan rings is 1. The molecule has 5 nitrogen and oxygen atoms in total. The molecule has 3 heterocycles. The van der Waals surface area contributed by atoms with Crippen molar-refractivity contribution in [2.24, 2.45) is 0 Å². The maximum Gasteiger partial charge on any atom is 0.166 e. The molecule has 0 bridgehead atoms. The second-order valence-corrected chi connectivity index (χ2v) is 9.64. The van der Waals surface area contributed by atoms with Gasteiger partial charge in [0.1, 0.15) is 22.7 Å². The summed E-state index contributed by atoms with van der Waals surface area (Å²) in [6.07, 6.45) is 5.19. The summed E-state index contributed by atoms with van der Waals surface area (Å²) in [6.45, 7) is 5.00. The van der Waals surface area contributed by atoms with E-state index >= 15 is 0 Å². The molecule has 0 atom stereocenters. The van der Waals surface area contributed by atoms with Crippen molar-refractivity contribution in [3.8, 4) is 28.3 Å². The van der Waals surface area contributed by atoms with Crippen molar-refractivity contribution < 1.29 is 9.15 Å². The molecular weight excluding hydrogens is 442 g/mol. The van der Waals surface area contributed by atoms with Gasteiger partial charge >= 0.3 is 0 Å². The molecule has 0 radical (unpaired) electrons. The fraction of sp³-hybridized carbons (Fsp3) is 0.214. The zero-order chi connectivity index (χ0) is 23.5. The lowest BCUT2D eigenvalue weighted by atomic mass is 10.00. The second-order valence-electron chi connectivity index (χ2n) is 8.41. The van der Waals surface area contributed by atoms with Crippen LogP contribution in [0, 0.1) is 13.8 Å². The van der Waals surface area contributed by atoms with E-state index in [1.54, 1.807) is 31.0 Å². The lowest BCUT2D eigenvalue weighted by molar-refractivity contribution is 0.409. The Morgan fingerprint density at radius 1 is 0.941 bits per heavy atom. The number of hydrogen-bond donors (Lipinski definition) is 1. The van der Waals surface area contributed by atoms with Gasteiger partial charge in [0.2, 0.25) is 0 Å². The summed E-state index contributed by atoms with van der Waals surface area (Å²) in [5.74, 6) is 2.48. The largest absolute Gasteiger partial charge is 0.496 e. The van der Waals surface area contributed by atoms with Crippen LogP contribution in [0.25, 0.3) is 32.7 Å². The summed E-state index contributed by atoms with van der Waals surface area (Å²) in [7, 11) is 1.74. The smallest absolute Gasteiger partial charge is 0.166 e. The Balaban J connectivity index is 1.29. The third-order valence-corrected chi connectivity index (χ3v) is 6.83. The zero-order valence-electron chi connectivity index (χ0n) is 19.6. The summed E-state index contributed by atoms with van der Waals surface area (Å²) >= 11 is 1.68. The number of ether oxygens (including phenoxy) is 1. The Bertz CT molecular complexity index is 1410. The first-order valence-corrected chi connectivity index (χ1v) is 12.2. The third kappa shape index (κ3) is 4.68. The van der Waals surface area contributed by atoms with E-state index in [0.717, 1.165) is 46.7 Å². The number of thiophene rings is 1. The number of hydrogen-bond acceptors (Lipinski definition) is 6. The lowest BCUT2D eigenvalue weighted by Gasteiger charge is -2.12. The number of benzene rings is 2. The number of rotatable bonds is 8. The third-order valence-electron chi connectivity index (χ3n) is 5.88. The summed E-state index contributed by atoms with van der Waals surface area (Å²) in [4.78, 5) is 11.7. The van der Waals surface area contributed by atoms with Gasteiger partial charge in [-0.05, 0) is 61.6 Å². The van der Waals surface area contributed by atoms with Crippen molar-refractivity contribution in [2.75, 3.05) is 19.0 Å². The van der Waals surface area contributed by atoms with Crippen molar-refractivity contribution in [1.29, 1.82) is 0 Å². The molecule has 1 N–H and O–H groups in total. The number of nitrogens with zero attached hydrogens (tertiary/aromatic N) is 2. The van der Waals surface area contributed by atoms with Crippen LogP contribution in [0.1, 0.15) is 22.4 Å². The summed E-state index contributed by atoms with van der Waals surface area (Å²) < 4.78 is 10.9. The van der Waals surface area contributed by atoms with Gasteiger partial charge in [-0.2, -0.15) is 0 Å². The Hall–Kier alpha value is -3.64. The van der Waals surface area contributed by atoms with Crippen LogP contribution in [0.3, 0.4) is 0 Å². The number of aromatic nitrogens is 2. The molecule has 0 fully saturated rings. The van der Waals surface area contributed by atoms with Crippen molar-refractivity contribution >= 4 is 27.4 Å². The van der Waals surface area contributed by atoms with Crippen LogP contribution in [-0.2, 0) is 6.42 Å². The highest BCUT2D eigenvalue weighted by Crippen LogP contribution is 2.32. The molecule has 3 aromatic heterocycles. The molecule has 2 aromatic carbocycles. The van der Waals surface area contributed by atoms with Crippen LogP contribution in [0.15, 0.2) is 71.5 Å². The van der Waals surface area contributed by atoms with E-state index in [1.165, 1.54) is 27.1 Å². The molecular formula is C28H27N3O2S. The van der Waals surface area contributed by atoms with Crippen molar-refractivity contribution in [3.05, 3.63) is 83.1 Å². The van der Waals surface area contributed by atoms with Gasteiger partial charge < -0.3 is 14.5 Å². The molecule has 0 spiro atoms. The molecule has 0 unspecified atom stereocenters. The standard InChI is InChI=1S/C28H27N3O2S/c1-18-6-8-20(9-7-18)22-11-10-21(25(16-22)32-3)5-4-13-29-27-24-15-19(2)34-28(24)31-26(30-27)23-12-14-33-17-23/h6-12,14-17H,4-5,13H2,1-3H3,(H,29,30,31). The molecule has 5 rings (SSSR count). The molecule has 0 saturated heterocycles. The minimum Gasteiger partial charge on any atom is -0.496 e. The van der Waals surface area contributed by atoms with Gasteiger partial charge in [-0.3, -0.25) is 0 Å². The van der Waals surface area contributed by atoms with Gasteiger partial charge in [0.15, 0.2) is 5.82 Å². The van der Waals surface area contributed by atoms with Crippen LogP contribution in [0.2, 0.25) is 0 Å². The van der Waals surface area contributed by atoms with Crippen LogP contribution in [-0.4, -0.2) is 23.6 Å². The minimum absolute atomic E-state index is 0.680. The van der Waals surface area contributed by atoms with Crippen molar-refractivity contribution in [3.63, 3.8) is 0 Å². The molecule has 6 heteroatoms.